The minimum absolute atomic E-state index is 0.137. The van der Waals surface area contributed by atoms with Gasteiger partial charge in [-0.3, -0.25) is 0 Å². The van der Waals surface area contributed by atoms with Crippen LogP contribution < -0.4 is 5.73 Å². The monoisotopic (exact) mass is 293 g/mol. The van der Waals surface area contributed by atoms with Crippen molar-refractivity contribution in [2.45, 2.75) is 9.96 Å². The van der Waals surface area contributed by atoms with Crippen LogP contribution in [-0.4, -0.2) is 18.4 Å². The largest absolute Gasteiger partial charge is 0.399 e. The topological polar surface area (TPSA) is 88.8 Å². The van der Waals surface area contributed by atoms with Crippen molar-refractivity contribution in [3.63, 3.8) is 0 Å². The van der Waals surface area contributed by atoms with E-state index in [-0.39, 0.29) is 5.75 Å². The van der Waals surface area contributed by atoms with Gasteiger partial charge in [0, 0.05) is 5.69 Å². The molecular formula is C12H11N3O2S2. The SMILES string of the molecule is Nc1ccc2nc(CS(=O)(=O)c3cccs3)[nH]c2c1. The lowest BCUT2D eigenvalue weighted by Gasteiger charge is -1.97. The molecule has 7 heteroatoms. The summed E-state index contributed by atoms with van der Waals surface area (Å²) in [6.07, 6.45) is 0. The van der Waals surface area contributed by atoms with E-state index in [4.69, 9.17) is 5.73 Å². The maximum Gasteiger partial charge on any atom is 0.194 e. The number of benzene rings is 1. The number of sulfone groups is 1. The highest BCUT2D eigenvalue weighted by Gasteiger charge is 2.18. The molecule has 0 aliphatic rings. The van der Waals surface area contributed by atoms with Crippen LogP contribution in [0.1, 0.15) is 5.82 Å². The van der Waals surface area contributed by atoms with Crippen LogP contribution in [0.15, 0.2) is 39.9 Å². The maximum atomic E-state index is 12.1. The van der Waals surface area contributed by atoms with Gasteiger partial charge in [-0.1, -0.05) is 6.07 Å². The van der Waals surface area contributed by atoms with Crippen molar-refractivity contribution in [3.8, 4) is 0 Å². The average Bonchev–Trinajstić information content (AvgIpc) is 2.95. The van der Waals surface area contributed by atoms with Crippen molar-refractivity contribution in [2.75, 3.05) is 5.73 Å². The Bertz CT molecular complexity index is 820. The fraction of sp³-hybridized carbons (Fsp3) is 0.0833. The smallest absolute Gasteiger partial charge is 0.194 e. The van der Waals surface area contributed by atoms with Gasteiger partial charge in [0.1, 0.15) is 15.8 Å². The highest BCUT2D eigenvalue weighted by atomic mass is 32.2. The van der Waals surface area contributed by atoms with E-state index in [1.807, 2.05) is 0 Å². The third kappa shape index (κ3) is 2.34. The van der Waals surface area contributed by atoms with Crippen molar-refractivity contribution < 1.29 is 8.42 Å². The summed E-state index contributed by atoms with van der Waals surface area (Å²) >= 11 is 1.21. The molecule has 0 amide bonds. The van der Waals surface area contributed by atoms with Crippen molar-refractivity contribution in [2.24, 2.45) is 0 Å². The van der Waals surface area contributed by atoms with Crippen LogP contribution >= 0.6 is 11.3 Å². The van der Waals surface area contributed by atoms with Crippen LogP contribution in [0.4, 0.5) is 5.69 Å². The molecule has 3 rings (SSSR count). The van der Waals surface area contributed by atoms with Crippen LogP contribution in [-0.2, 0) is 15.6 Å². The fourth-order valence-corrected chi connectivity index (χ4v) is 4.14. The van der Waals surface area contributed by atoms with Gasteiger partial charge >= 0.3 is 0 Å². The molecule has 3 N–H and O–H groups in total. The molecule has 5 nitrogen and oxygen atoms in total. The number of nitrogen functional groups attached to an aromatic ring is 1. The second kappa shape index (κ2) is 4.36. The van der Waals surface area contributed by atoms with Gasteiger partial charge in [0.15, 0.2) is 9.84 Å². The first-order valence-corrected chi connectivity index (χ1v) is 8.08. The highest BCUT2D eigenvalue weighted by Crippen LogP contribution is 2.22. The van der Waals surface area contributed by atoms with E-state index in [1.54, 1.807) is 35.7 Å². The highest BCUT2D eigenvalue weighted by molar-refractivity contribution is 7.92. The van der Waals surface area contributed by atoms with Crippen molar-refractivity contribution in [1.82, 2.24) is 9.97 Å². The molecule has 1 aromatic carbocycles. The summed E-state index contributed by atoms with van der Waals surface area (Å²) in [7, 11) is -3.33. The third-order valence-corrected chi connectivity index (χ3v) is 5.80. The number of aromatic amines is 1. The Morgan fingerprint density at radius 3 is 2.89 bits per heavy atom. The van der Waals surface area contributed by atoms with Crippen molar-refractivity contribution >= 4 is 37.9 Å². The molecule has 0 atom stereocenters. The second-order valence-electron chi connectivity index (χ2n) is 4.15. The number of hydrogen-bond acceptors (Lipinski definition) is 5. The molecule has 0 unspecified atom stereocenters. The van der Waals surface area contributed by atoms with E-state index < -0.39 is 9.84 Å². The van der Waals surface area contributed by atoms with E-state index in [0.29, 0.717) is 21.2 Å². The molecule has 0 bridgehead atoms. The normalized spacial score (nSPS) is 12.0. The van der Waals surface area contributed by atoms with Gasteiger partial charge in [-0.25, -0.2) is 13.4 Å². The summed E-state index contributed by atoms with van der Waals surface area (Å²) in [6, 6.07) is 8.56. The molecule has 0 aliphatic carbocycles. The lowest BCUT2D eigenvalue weighted by atomic mass is 10.3. The average molecular weight is 293 g/mol. The lowest BCUT2D eigenvalue weighted by molar-refractivity contribution is 0.596. The summed E-state index contributed by atoms with van der Waals surface area (Å²) in [4.78, 5) is 7.25. The Hall–Kier alpha value is -1.86. The predicted molar refractivity (Wildman–Crippen MR) is 75.7 cm³/mol. The molecule has 2 heterocycles. The number of thiophene rings is 1. The number of fused-ring (bicyclic) bond motifs is 1. The second-order valence-corrected chi connectivity index (χ2v) is 7.32. The molecule has 19 heavy (non-hydrogen) atoms. The molecule has 0 aliphatic heterocycles. The molecule has 0 radical (unpaired) electrons. The number of nitrogens with zero attached hydrogens (tertiary/aromatic N) is 1. The molecule has 0 fully saturated rings. The first-order valence-electron chi connectivity index (χ1n) is 5.55. The first kappa shape index (κ1) is 12.2. The molecule has 98 valence electrons. The quantitative estimate of drug-likeness (QED) is 0.724. The summed E-state index contributed by atoms with van der Waals surface area (Å²) in [6.45, 7) is 0. The van der Waals surface area contributed by atoms with Crippen molar-refractivity contribution in [1.29, 1.82) is 0 Å². The van der Waals surface area contributed by atoms with Crippen LogP contribution in [0.5, 0.6) is 0 Å². The van der Waals surface area contributed by atoms with Gasteiger partial charge in [0.2, 0.25) is 0 Å². The molecule has 0 saturated heterocycles. The van der Waals surface area contributed by atoms with Gasteiger partial charge in [-0.2, -0.15) is 0 Å². The van der Waals surface area contributed by atoms with E-state index >= 15 is 0 Å². The van der Waals surface area contributed by atoms with Crippen molar-refractivity contribution in [3.05, 3.63) is 41.5 Å². The Kier molecular flexibility index (Phi) is 2.79. The minimum Gasteiger partial charge on any atom is -0.399 e. The van der Waals surface area contributed by atoms with Gasteiger partial charge in [-0.15, -0.1) is 11.3 Å². The zero-order chi connectivity index (χ0) is 13.5. The lowest BCUT2D eigenvalue weighted by Crippen LogP contribution is -2.04. The Morgan fingerprint density at radius 2 is 2.16 bits per heavy atom. The van der Waals surface area contributed by atoms with Crippen LogP contribution in [0.2, 0.25) is 0 Å². The van der Waals surface area contributed by atoms with Gasteiger partial charge in [-0.05, 0) is 29.6 Å². The molecule has 2 aromatic heterocycles. The number of imidazole rings is 1. The Balaban J connectivity index is 1.98. The number of H-pyrrole nitrogens is 1. The standard InChI is InChI=1S/C12H11N3O2S2/c13-8-3-4-9-10(6-8)15-11(14-9)7-19(16,17)12-2-1-5-18-12/h1-6H,7,13H2,(H,14,15). The van der Waals surface area contributed by atoms with E-state index in [1.165, 1.54) is 11.3 Å². The Labute approximate surface area is 114 Å². The third-order valence-electron chi connectivity index (χ3n) is 2.68. The zero-order valence-electron chi connectivity index (χ0n) is 9.83. The molecule has 3 aromatic rings. The van der Waals surface area contributed by atoms with E-state index in [9.17, 15) is 8.42 Å². The first-order chi connectivity index (χ1) is 9.04. The van der Waals surface area contributed by atoms with Crippen LogP contribution in [0.3, 0.4) is 0 Å². The predicted octanol–water partition coefficient (Wildman–Crippen LogP) is 2.18. The fourth-order valence-electron chi connectivity index (χ4n) is 1.84. The van der Waals surface area contributed by atoms with Gasteiger partial charge in [0.25, 0.3) is 0 Å². The number of rotatable bonds is 3. The minimum atomic E-state index is -3.33. The maximum absolute atomic E-state index is 12.1. The van der Waals surface area contributed by atoms with Crippen LogP contribution in [0, 0.1) is 0 Å². The van der Waals surface area contributed by atoms with E-state index in [2.05, 4.69) is 9.97 Å². The van der Waals surface area contributed by atoms with Crippen LogP contribution in [0.25, 0.3) is 11.0 Å². The molecular weight excluding hydrogens is 282 g/mol. The van der Waals surface area contributed by atoms with Gasteiger partial charge < -0.3 is 10.7 Å². The summed E-state index contributed by atoms with van der Waals surface area (Å²) < 4.78 is 24.6. The molecule has 0 saturated carbocycles. The summed E-state index contributed by atoms with van der Waals surface area (Å²) in [5.41, 5.74) is 7.75. The Morgan fingerprint density at radius 1 is 1.32 bits per heavy atom. The number of hydrogen-bond donors (Lipinski definition) is 2. The number of anilines is 1. The number of nitrogens with one attached hydrogen (secondary N) is 1. The zero-order valence-corrected chi connectivity index (χ0v) is 11.5. The molecule has 0 spiro atoms. The number of aromatic nitrogens is 2. The summed E-state index contributed by atoms with van der Waals surface area (Å²) in [5.74, 6) is 0.288. The van der Waals surface area contributed by atoms with Gasteiger partial charge in [0.05, 0.1) is 11.0 Å². The van der Waals surface area contributed by atoms with E-state index in [0.717, 1.165) is 5.52 Å². The summed E-state index contributed by atoms with van der Waals surface area (Å²) in [5, 5.41) is 1.74. The number of nitrogens with two attached hydrogens (primary N) is 1.